The van der Waals surface area contributed by atoms with E-state index in [-0.39, 0.29) is 18.1 Å². The maximum Gasteiger partial charge on any atom is 0.286 e. The molecule has 0 bridgehead atoms. The topological polar surface area (TPSA) is 87.1 Å². The van der Waals surface area contributed by atoms with Gasteiger partial charge in [0, 0.05) is 11.2 Å². The molecule has 1 amide bonds. The highest BCUT2D eigenvalue weighted by atomic mass is 32.1. The number of aromatic nitrogens is 2. The van der Waals surface area contributed by atoms with Crippen molar-refractivity contribution in [2.75, 3.05) is 11.9 Å². The summed E-state index contributed by atoms with van der Waals surface area (Å²) in [7, 11) is 0. The van der Waals surface area contributed by atoms with Crippen LogP contribution in [0.1, 0.15) is 40.5 Å². The zero-order valence-corrected chi connectivity index (χ0v) is 13.6. The van der Waals surface area contributed by atoms with Crippen molar-refractivity contribution in [3.8, 4) is 0 Å². The highest BCUT2D eigenvalue weighted by molar-refractivity contribution is 7.13. The van der Waals surface area contributed by atoms with Crippen molar-refractivity contribution in [1.82, 2.24) is 15.5 Å². The van der Waals surface area contributed by atoms with Gasteiger partial charge in [-0.15, -0.1) is 10.2 Å². The Labute approximate surface area is 139 Å². The standard InChI is InChI=1S/C16H20N4O2S/c21-11-16(8-4-5-9-16)17-10-13-19-20-15(23-13)14(22)18-12-6-2-1-3-7-12/h1-3,6-7,17,21H,4-5,8-11H2,(H,18,22). The molecule has 6 nitrogen and oxygen atoms in total. The Kier molecular flexibility index (Phi) is 5.00. The van der Waals surface area contributed by atoms with Gasteiger partial charge in [-0.05, 0) is 25.0 Å². The van der Waals surface area contributed by atoms with Crippen LogP contribution in [-0.4, -0.2) is 33.4 Å². The molecule has 0 atom stereocenters. The number of anilines is 1. The molecule has 1 aromatic carbocycles. The third-order valence-electron chi connectivity index (χ3n) is 4.17. The van der Waals surface area contributed by atoms with E-state index < -0.39 is 0 Å². The number of nitrogens with zero attached hydrogens (tertiary/aromatic N) is 2. The van der Waals surface area contributed by atoms with Crippen LogP contribution in [0.3, 0.4) is 0 Å². The maximum absolute atomic E-state index is 12.1. The summed E-state index contributed by atoms with van der Waals surface area (Å²) in [5.74, 6) is -0.252. The largest absolute Gasteiger partial charge is 0.394 e. The highest BCUT2D eigenvalue weighted by Gasteiger charge is 2.32. The molecule has 0 spiro atoms. The van der Waals surface area contributed by atoms with Crippen LogP contribution in [-0.2, 0) is 6.54 Å². The molecule has 0 aliphatic heterocycles. The van der Waals surface area contributed by atoms with Gasteiger partial charge in [-0.2, -0.15) is 0 Å². The predicted molar refractivity (Wildman–Crippen MR) is 89.4 cm³/mol. The Bertz CT molecular complexity index is 653. The van der Waals surface area contributed by atoms with Gasteiger partial charge in [0.25, 0.3) is 5.91 Å². The summed E-state index contributed by atoms with van der Waals surface area (Å²) >= 11 is 1.27. The number of aliphatic hydroxyl groups excluding tert-OH is 1. The second-order valence-electron chi connectivity index (χ2n) is 5.82. The molecule has 1 fully saturated rings. The van der Waals surface area contributed by atoms with Crippen molar-refractivity contribution in [1.29, 1.82) is 0 Å². The second-order valence-corrected chi connectivity index (χ2v) is 6.88. The summed E-state index contributed by atoms with van der Waals surface area (Å²) in [6.07, 6.45) is 4.22. The number of amides is 1. The van der Waals surface area contributed by atoms with E-state index in [1.54, 1.807) is 0 Å². The summed E-state index contributed by atoms with van der Waals surface area (Å²) in [6, 6.07) is 9.27. The minimum atomic E-state index is -0.252. The molecule has 0 radical (unpaired) electrons. The molecule has 7 heteroatoms. The number of rotatable bonds is 6. The number of hydrogen-bond acceptors (Lipinski definition) is 6. The van der Waals surface area contributed by atoms with E-state index in [1.165, 1.54) is 11.3 Å². The molecule has 1 aromatic heterocycles. The Morgan fingerprint density at radius 2 is 1.96 bits per heavy atom. The lowest BCUT2D eigenvalue weighted by molar-refractivity contribution is 0.102. The molecule has 1 heterocycles. The van der Waals surface area contributed by atoms with Crippen LogP contribution in [0.2, 0.25) is 0 Å². The number of carbonyl (C=O) groups is 1. The molecular weight excluding hydrogens is 312 g/mol. The lowest BCUT2D eigenvalue weighted by Gasteiger charge is -2.27. The summed E-state index contributed by atoms with van der Waals surface area (Å²) in [4.78, 5) is 12.1. The van der Waals surface area contributed by atoms with E-state index in [2.05, 4.69) is 20.8 Å². The van der Waals surface area contributed by atoms with Gasteiger partial charge in [-0.1, -0.05) is 42.4 Å². The van der Waals surface area contributed by atoms with Crippen molar-refractivity contribution in [3.63, 3.8) is 0 Å². The zero-order valence-electron chi connectivity index (χ0n) is 12.8. The Hall–Kier alpha value is -1.83. The average molecular weight is 332 g/mol. The van der Waals surface area contributed by atoms with E-state index >= 15 is 0 Å². The normalized spacial score (nSPS) is 16.4. The van der Waals surface area contributed by atoms with Crippen molar-refractivity contribution in [2.45, 2.75) is 37.8 Å². The number of nitrogens with one attached hydrogen (secondary N) is 2. The summed E-state index contributed by atoms with van der Waals surface area (Å²) in [6.45, 7) is 0.657. The van der Waals surface area contributed by atoms with Gasteiger partial charge >= 0.3 is 0 Å². The van der Waals surface area contributed by atoms with Crippen LogP contribution in [0, 0.1) is 0 Å². The fraction of sp³-hybridized carbons (Fsp3) is 0.438. The fourth-order valence-electron chi connectivity index (χ4n) is 2.83. The van der Waals surface area contributed by atoms with Crippen LogP contribution in [0.15, 0.2) is 30.3 Å². The van der Waals surface area contributed by atoms with Gasteiger partial charge in [-0.3, -0.25) is 4.79 Å². The molecule has 122 valence electrons. The third-order valence-corrected chi connectivity index (χ3v) is 5.09. The third kappa shape index (κ3) is 3.93. The minimum Gasteiger partial charge on any atom is -0.394 e. The summed E-state index contributed by atoms with van der Waals surface area (Å²) < 4.78 is 0. The molecular formula is C16H20N4O2S. The number of aliphatic hydroxyl groups is 1. The van der Waals surface area contributed by atoms with E-state index in [4.69, 9.17) is 0 Å². The van der Waals surface area contributed by atoms with Gasteiger partial charge < -0.3 is 15.7 Å². The monoisotopic (exact) mass is 332 g/mol. The predicted octanol–water partition coefficient (Wildman–Crippen LogP) is 2.19. The molecule has 1 saturated carbocycles. The molecule has 3 N–H and O–H groups in total. The maximum atomic E-state index is 12.1. The van der Waals surface area contributed by atoms with Crippen LogP contribution >= 0.6 is 11.3 Å². The Morgan fingerprint density at radius 1 is 1.22 bits per heavy atom. The molecule has 0 unspecified atom stereocenters. The minimum absolute atomic E-state index is 0.132. The number of hydrogen-bond donors (Lipinski definition) is 3. The van der Waals surface area contributed by atoms with Crippen LogP contribution in [0.5, 0.6) is 0 Å². The number of carbonyl (C=O) groups excluding carboxylic acids is 1. The lowest BCUT2D eigenvalue weighted by Crippen LogP contribution is -2.45. The molecule has 1 aliphatic rings. The van der Waals surface area contributed by atoms with Crippen LogP contribution < -0.4 is 10.6 Å². The molecule has 2 aromatic rings. The van der Waals surface area contributed by atoms with E-state index in [0.29, 0.717) is 11.6 Å². The highest BCUT2D eigenvalue weighted by Crippen LogP contribution is 2.29. The van der Waals surface area contributed by atoms with E-state index in [9.17, 15) is 9.90 Å². The first-order valence-electron chi connectivity index (χ1n) is 7.75. The molecule has 0 saturated heterocycles. The van der Waals surface area contributed by atoms with Crippen LogP contribution in [0.25, 0.3) is 0 Å². The Balaban J connectivity index is 1.58. The number of para-hydroxylation sites is 1. The van der Waals surface area contributed by atoms with Crippen molar-refractivity contribution >= 4 is 22.9 Å². The summed E-state index contributed by atoms with van der Waals surface area (Å²) in [5, 5.41) is 24.9. The Morgan fingerprint density at radius 3 is 2.65 bits per heavy atom. The number of benzene rings is 1. The van der Waals surface area contributed by atoms with Gasteiger partial charge in [0.2, 0.25) is 5.01 Å². The van der Waals surface area contributed by atoms with Crippen molar-refractivity contribution in [3.05, 3.63) is 40.3 Å². The first kappa shape index (κ1) is 16.0. The fourth-order valence-corrected chi connectivity index (χ4v) is 3.50. The zero-order chi connectivity index (χ0) is 16.1. The van der Waals surface area contributed by atoms with Gasteiger partial charge in [-0.25, -0.2) is 0 Å². The first-order chi connectivity index (χ1) is 11.2. The molecule has 3 rings (SSSR count). The quantitative estimate of drug-likeness (QED) is 0.755. The van der Waals surface area contributed by atoms with Gasteiger partial charge in [0.15, 0.2) is 0 Å². The molecule has 23 heavy (non-hydrogen) atoms. The van der Waals surface area contributed by atoms with E-state index in [0.717, 1.165) is 36.4 Å². The van der Waals surface area contributed by atoms with Crippen molar-refractivity contribution in [2.24, 2.45) is 0 Å². The van der Waals surface area contributed by atoms with Crippen molar-refractivity contribution < 1.29 is 9.90 Å². The summed E-state index contributed by atoms with van der Waals surface area (Å²) in [5.41, 5.74) is 0.538. The van der Waals surface area contributed by atoms with Gasteiger partial charge in [0.05, 0.1) is 13.2 Å². The smallest absolute Gasteiger partial charge is 0.286 e. The average Bonchev–Trinajstić information content (AvgIpc) is 3.24. The van der Waals surface area contributed by atoms with Crippen LogP contribution in [0.4, 0.5) is 5.69 Å². The first-order valence-corrected chi connectivity index (χ1v) is 8.57. The molecule has 1 aliphatic carbocycles. The van der Waals surface area contributed by atoms with Gasteiger partial charge in [0.1, 0.15) is 5.01 Å². The lowest BCUT2D eigenvalue weighted by atomic mass is 9.99. The second kappa shape index (κ2) is 7.16. The SMILES string of the molecule is O=C(Nc1ccccc1)c1nnc(CNC2(CO)CCCC2)s1. The van der Waals surface area contributed by atoms with E-state index in [1.807, 2.05) is 30.3 Å².